The molecule has 4 aromatic heterocycles. The van der Waals surface area contributed by atoms with Crippen LogP contribution < -0.4 is 43.1 Å². The number of halogens is 2. The summed E-state index contributed by atoms with van der Waals surface area (Å²) in [5.74, 6) is 0.274. The number of thiophene rings is 2. The normalized spacial score (nSPS) is 10.7. The van der Waals surface area contributed by atoms with E-state index < -0.39 is 0 Å². The molecule has 4 heterocycles. The molecule has 0 aliphatic carbocycles. The SMILES string of the molecule is Cc1cc(CCCCCC[n+]2ccc(C(c3ccccc3)c3ccccc3)cc2)c(C)s1.Cc1cc(CCCCCC[n+]2cccc(-c3ccccc3)c2)c(C)s1.[Br-].[Br-]. The van der Waals surface area contributed by atoms with Crippen LogP contribution in [0.3, 0.4) is 0 Å². The average Bonchev–Trinajstić information content (AvgIpc) is 3.75. The van der Waals surface area contributed by atoms with E-state index in [1.807, 2.05) is 22.7 Å². The number of unbranched alkanes of at least 4 members (excludes halogenated alkanes) is 6. The molecule has 0 saturated heterocycles. The summed E-state index contributed by atoms with van der Waals surface area (Å²) in [6.07, 6.45) is 21.8. The van der Waals surface area contributed by atoms with E-state index in [2.05, 4.69) is 189 Å². The number of aryl methyl sites for hydroxylation is 8. The molecule has 0 spiro atoms. The van der Waals surface area contributed by atoms with Crippen molar-refractivity contribution in [3.8, 4) is 11.1 Å². The van der Waals surface area contributed by atoms with Crippen LogP contribution in [0.15, 0.2) is 152 Å². The van der Waals surface area contributed by atoms with E-state index in [1.165, 1.54) is 112 Å². The Morgan fingerprint density at radius 2 is 0.847 bits per heavy atom. The van der Waals surface area contributed by atoms with Gasteiger partial charge in [-0.2, -0.15) is 0 Å². The van der Waals surface area contributed by atoms with Gasteiger partial charge in [-0.3, -0.25) is 0 Å². The van der Waals surface area contributed by atoms with Crippen molar-refractivity contribution in [2.75, 3.05) is 0 Å². The van der Waals surface area contributed by atoms with Crippen LogP contribution >= 0.6 is 22.7 Å². The third-order valence-electron chi connectivity index (χ3n) is 11.0. The van der Waals surface area contributed by atoms with Crippen LogP contribution in [0, 0.1) is 27.7 Å². The van der Waals surface area contributed by atoms with E-state index >= 15 is 0 Å². The molecule has 0 fully saturated rings. The zero-order chi connectivity index (χ0) is 39.7. The molecule has 310 valence electrons. The van der Waals surface area contributed by atoms with Crippen LogP contribution in [0.1, 0.15) is 105 Å². The maximum absolute atomic E-state index is 2.37. The van der Waals surface area contributed by atoms with Gasteiger partial charge in [-0.1, -0.05) is 104 Å². The molecule has 3 aromatic carbocycles. The lowest BCUT2D eigenvalue weighted by molar-refractivity contribution is -0.697. The summed E-state index contributed by atoms with van der Waals surface area (Å²) in [6.45, 7) is 11.1. The summed E-state index contributed by atoms with van der Waals surface area (Å²) in [7, 11) is 0. The lowest BCUT2D eigenvalue weighted by Crippen LogP contribution is -3.00. The van der Waals surface area contributed by atoms with Crippen molar-refractivity contribution in [1.82, 2.24) is 0 Å². The summed E-state index contributed by atoms with van der Waals surface area (Å²) in [6, 6.07) is 46.0. The highest BCUT2D eigenvalue weighted by atomic mass is 79.9. The number of nitrogens with zero attached hydrogens (tertiary/aromatic N) is 2. The summed E-state index contributed by atoms with van der Waals surface area (Å²) >= 11 is 3.86. The summed E-state index contributed by atoms with van der Waals surface area (Å²) < 4.78 is 4.66. The van der Waals surface area contributed by atoms with Crippen LogP contribution in [0.5, 0.6) is 0 Å². The average molecular weight is 951 g/mol. The van der Waals surface area contributed by atoms with Gasteiger partial charge in [-0.15, -0.1) is 22.7 Å². The van der Waals surface area contributed by atoms with Gasteiger partial charge in [-0.05, 0) is 118 Å². The second kappa shape index (κ2) is 25.8. The molecule has 0 aliphatic rings. The van der Waals surface area contributed by atoms with Crippen LogP contribution in [-0.2, 0) is 25.9 Å². The minimum atomic E-state index is 0. The molecule has 0 amide bonds. The van der Waals surface area contributed by atoms with Crippen molar-refractivity contribution in [2.45, 2.75) is 111 Å². The summed E-state index contributed by atoms with van der Waals surface area (Å²) in [5, 5.41) is 0. The first-order chi connectivity index (χ1) is 27.9. The van der Waals surface area contributed by atoms with Gasteiger partial charge in [0, 0.05) is 62.0 Å². The Morgan fingerprint density at radius 1 is 0.424 bits per heavy atom. The first-order valence-corrected chi connectivity index (χ1v) is 22.8. The molecule has 0 aliphatic heterocycles. The second-order valence-corrected chi connectivity index (χ2v) is 18.4. The van der Waals surface area contributed by atoms with Gasteiger partial charge in [0.05, 0.1) is 0 Å². The topological polar surface area (TPSA) is 7.76 Å². The number of aromatic nitrogens is 2. The van der Waals surface area contributed by atoms with Gasteiger partial charge in [0.2, 0.25) is 0 Å². The second-order valence-electron chi connectivity index (χ2n) is 15.5. The Morgan fingerprint density at radius 3 is 1.32 bits per heavy atom. The van der Waals surface area contributed by atoms with Crippen molar-refractivity contribution in [3.05, 3.63) is 200 Å². The van der Waals surface area contributed by atoms with Crippen molar-refractivity contribution < 1.29 is 43.1 Å². The standard InChI is InChI=1S/C30H34NS.C23H28NS.2BrH/c1-24-23-29(25(2)32-24)17-7-3-4-12-20-31-21-18-28(19-22-31)30(26-13-8-5-9-14-26)27-15-10-6-11-16-27;1-19-17-22(20(2)25-19)13-6-3-4-9-15-24-16-10-14-23(18-24)21-11-7-5-8-12-21;;/h5-6,8-11,13-16,18-19,21-23,30H,3-4,7,12,17,20H2,1-2H3;5,7-8,10-12,14,16-18H,3-4,6,9,13,15H2,1-2H3;2*1H/q2*+1;;/p-2. The van der Waals surface area contributed by atoms with Gasteiger partial charge in [-0.25, -0.2) is 9.13 Å². The van der Waals surface area contributed by atoms with Crippen LogP contribution in [0.25, 0.3) is 11.1 Å². The Kier molecular flexibility index (Phi) is 21.0. The molecule has 0 radical (unpaired) electrons. The lowest BCUT2D eigenvalue weighted by atomic mass is 9.86. The van der Waals surface area contributed by atoms with Crippen molar-refractivity contribution in [1.29, 1.82) is 0 Å². The Labute approximate surface area is 384 Å². The van der Waals surface area contributed by atoms with E-state index in [0.717, 1.165) is 13.1 Å². The van der Waals surface area contributed by atoms with E-state index in [-0.39, 0.29) is 39.9 Å². The quantitative estimate of drug-likeness (QED) is 0.0615. The highest BCUT2D eigenvalue weighted by molar-refractivity contribution is 7.12. The monoisotopic (exact) mass is 948 g/mol. The molecule has 6 heteroatoms. The summed E-state index contributed by atoms with van der Waals surface area (Å²) in [5.41, 5.74) is 9.74. The molecule has 7 rings (SSSR count). The van der Waals surface area contributed by atoms with E-state index in [0.29, 0.717) is 0 Å². The third kappa shape index (κ3) is 15.4. The fourth-order valence-electron chi connectivity index (χ4n) is 7.93. The Balaban J connectivity index is 0.000000259. The predicted octanol–water partition coefficient (Wildman–Crippen LogP) is 7.77. The number of hydrogen-bond donors (Lipinski definition) is 0. The van der Waals surface area contributed by atoms with E-state index in [4.69, 9.17) is 0 Å². The van der Waals surface area contributed by atoms with Crippen LogP contribution in [-0.4, -0.2) is 0 Å². The molecule has 0 N–H and O–H groups in total. The number of rotatable bonds is 18. The smallest absolute Gasteiger partial charge is 0.176 e. The van der Waals surface area contributed by atoms with Crippen molar-refractivity contribution in [3.63, 3.8) is 0 Å². The molecule has 2 nitrogen and oxygen atoms in total. The highest BCUT2D eigenvalue weighted by Crippen LogP contribution is 2.31. The first kappa shape index (κ1) is 48.0. The summed E-state index contributed by atoms with van der Waals surface area (Å²) in [4.78, 5) is 5.90. The molecule has 0 saturated carbocycles. The number of benzene rings is 3. The van der Waals surface area contributed by atoms with Crippen LogP contribution in [0.2, 0.25) is 0 Å². The highest BCUT2D eigenvalue weighted by Gasteiger charge is 2.17. The largest absolute Gasteiger partial charge is 1.00 e. The molecule has 0 unspecified atom stereocenters. The molecule has 59 heavy (non-hydrogen) atoms. The number of pyridine rings is 2. The lowest BCUT2D eigenvalue weighted by Gasteiger charge is -2.18. The van der Waals surface area contributed by atoms with E-state index in [1.54, 1.807) is 11.1 Å². The van der Waals surface area contributed by atoms with Crippen LogP contribution in [0.4, 0.5) is 0 Å². The van der Waals surface area contributed by atoms with Gasteiger partial charge in [0.15, 0.2) is 24.8 Å². The molecular weight excluding hydrogens is 889 g/mol. The van der Waals surface area contributed by atoms with Gasteiger partial charge in [0.1, 0.15) is 13.1 Å². The molecular formula is C53H62Br2N2S2. The zero-order valence-corrected chi connectivity index (χ0v) is 40.3. The van der Waals surface area contributed by atoms with Gasteiger partial charge < -0.3 is 34.0 Å². The van der Waals surface area contributed by atoms with E-state index in [9.17, 15) is 0 Å². The number of hydrogen-bond acceptors (Lipinski definition) is 2. The maximum Gasteiger partial charge on any atom is 0.176 e. The minimum absolute atomic E-state index is 0. The minimum Gasteiger partial charge on any atom is -1.00 e. The first-order valence-electron chi connectivity index (χ1n) is 21.2. The third-order valence-corrected chi connectivity index (χ3v) is 13.0. The molecule has 0 bridgehead atoms. The van der Waals surface area contributed by atoms with Crippen molar-refractivity contribution >= 4 is 22.7 Å². The zero-order valence-electron chi connectivity index (χ0n) is 35.5. The maximum atomic E-state index is 2.37. The molecule has 0 atom stereocenters. The fraction of sp³-hybridized carbons (Fsp3) is 0.321. The molecule has 7 aromatic rings. The Hall–Kier alpha value is -3.68. The van der Waals surface area contributed by atoms with Gasteiger partial charge >= 0.3 is 0 Å². The Bertz CT molecular complexity index is 2160. The predicted molar refractivity (Wildman–Crippen MR) is 244 cm³/mol. The van der Waals surface area contributed by atoms with Crippen molar-refractivity contribution in [2.24, 2.45) is 0 Å². The van der Waals surface area contributed by atoms with Gasteiger partial charge in [0.25, 0.3) is 0 Å². The fourth-order valence-corrected chi connectivity index (χ4v) is 9.88.